The average molecular weight is 531 g/mol. The lowest BCUT2D eigenvalue weighted by molar-refractivity contribution is -0.132. The summed E-state index contributed by atoms with van der Waals surface area (Å²) >= 11 is 3.03. The van der Waals surface area contributed by atoms with Gasteiger partial charge in [0.05, 0.1) is 25.6 Å². The molecule has 7 nitrogen and oxygen atoms in total. The number of hydrogen-bond donors (Lipinski definition) is 0. The zero-order chi connectivity index (χ0) is 25.9. The molecule has 0 aliphatic heterocycles. The van der Waals surface area contributed by atoms with E-state index in [0.717, 1.165) is 16.0 Å². The van der Waals surface area contributed by atoms with Crippen LogP contribution in [0.2, 0.25) is 0 Å². The third kappa shape index (κ3) is 7.56. The van der Waals surface area contributed by atoms with Gasteiger partial charge < -0.3 is 24.0 Å². The average Bonchev–Trinajstić information content (AvgIpc) is 3.57. The van der Waals surface area contributed by atoms with Crippen molar-refractivity contribution in [2.24, 2.45) is 0 Å². The minimum atomic E-state index is -0.124. The Morgan fingerprint density at radius 2 is 1.72 bits per heavy atom. The fourth-order valence-corrected chi connectivity index (χ4v) is 5.41. The van der Waals surface area contributed by atoms with E-state index in [0.29, 0.717) is 55.5 Å². The van der Waals surface area contributed by atoms with Gasteiger partial charge in [-0.05, 0) is 65.9 Å². The second-order valence-corrected chi connectivity index (χ2v) is 10.3. The molecule has 0 N–H and O–H groups in total. The van der Waals surface area contributed by atoms with Gasteiger partial charge in [0.1, 0.15) is 6.54 Å². The monoisotopic (exact) mass is 530 g/mol. The molecule has 0 saturated heterocycles. The Labute approximate surface area is 221 Å². The lowest BCUT2D eigenvalue weighted by Crippen LogP contribution is -2.43. The normalized spacial score (nSPS) is 10.8. The van der Waals surface area contributed by atoms with E-state index in [1.54, 1.807) is 43.6 Å². The molecule has 0 atom stereocenters. The highest BCUT2D eigenvalue weighted by molar-refractivity contribution is 7.12. The third-order valence-electron chi connectivity index (χ3n) is 5.90. The molecule has 0 spiro atoms. The highest BCUT2D eigenvalue weighted by atomic mass is 32.1. The standard InChI is InChI=1S/C27H34N2O5S2/c1-20-11-16-36-25(20)18-28(13-10-21-8-9-22(33-3)23(17-21)34-4)26(30)19-29(12-6-14-32-2)27(31)24-7-5-15-35-24/h5,7-9,11,15-17H,6,10,12-14,18-19H2,1-4H3. The largest absolute Gasteiger partial charge is 0.493 e. The summed E-state index contributed by atoms with van der Waals surface area (Å²) in [7, 11) is 4.85. The number of amides is 2. The Balaban J connectivity index is 1.77. The molecule has 36 heavy (non-hydrogen) atoms. The maximum Gasteiger partial charge on any atom is 0.264 e. The molecule has 3 aromatic rings. The van der Waals surface area contributed by atoms with Crippen LogP contribution >= 0.6 is 22.7 Å². The number of methoxy groups -OCH3 is 3. The van der Waals surface area contributed by atoms with Gasteiger partial charge in [0.15, 0.2) is 11.5 Å². The minimum Gasteiger partial charge on any atom is -0.493 e. The van der Waals surface area contributed by atoms with Gasteiger partial charge >= 0.3 is 0 Å². The van der Waals surface area contributed by atoms with Gasteiger partial charge in [-0.1, -0.05) is 12.1 Å². The van der Waals surface area contributed by atoms with Crippen molar-refractivity contribution in [3.05, 3.63) is 68.0 Å². The first-order valence-electron chi connectivity index (χ1n) is 11.8. The van der Waals surface area contributed by atoms with Crippen LogP contribution in [0.4, 0.5) is 0 Å². The van der Waals surface area contributed by atoms with Crippen LogP contribution < -0.4 is 9.47 Å². The van der Waals surface area contributed by atoms with Crippen LogP contribution in [-0.2, 0) is 22.5 Å². The molecular weight excluding hydrogens is 496 g/mol. The molecule has 1 aromatic carbocycles. The number of carbonyl (C=O) groups excluding carboxylic acids is 2. The molecule has 0 saturated carbocycles. The number of thiophene rings is 2. The minimum absolute atomic E-state index is 0.0246. The first-order valence-corrected chi connectivity index (χ1v) is 13.6. The molecule has 0 bridgehead atoms. The fraction of sp³-hybridized carbons (Fsp3) is 0.407. The SMILES string of the molecule is COCCCN(CC(=O)N(CCc1ccc(OC)c(OC)c1)Cc1sccc1C)C(=O)c1cccs1. The van der Waals surface area contributed by atoms with Gasteiger partial charge in [0.25, 0.3) is 5.91 Å². The quantitative estimate of drug-likeness (QED) is 0.278. The van der Waals surface area contributed by atoms with Crippen molar-refractivity contribution in [3.63, 3.8) is 0 Å². The number of rotatable bonds is 14. The van der Waals surface area contributed by atoms with Gasteiger partial charge in [-0.3, -0.25) is 9.59 Å². The van der Waals surface area contributed by atoms with Gasteiger partial charge in [-0.2, -0.15) is 0 Å². The lowest BCUT2D eigenvalue weighted by Gasteiger charge is -2.28. The highest BCUT2D eigenvalue weighted by Gasteiger charge is 2.23. The van der Waals surface area contributed by atoms with E-state index in [9.17, 15) is 9.59 Å². The van der Waals surface area contributed by atoms with Crippen molar-refractivity contribution < 1.29 is 23.8 Å². The van der Waals surface area contributed by atoms with Crippen molar-refractivity contribution in [2.45, 2.75) is 26.3 Å². The molecule has 0 fully saturated rings. The van der Waals surface area contributed by atoms with E-state index < -0.39 is 0 Å². The van der Waals surface area contributed by atoms with E-state index >= 15 is 0 Å². The molecule has 0 radical (unpaired) electrons. The molecule has 9 heteroatoms. The van der Waals surface area contributed by atoms with Crippen LogP contribution in [0.15, 0.2) is 47.2 Å². The maximum absolute atomic E-state index is 13.6. The molecule has 2 amide bonds. The topological polar surface area (TPSA) is 68.3 Å². The van der Waals surface area contributed by atoms with E-state index in [4.69, 9.17) is 14.2 Å². The van der Waals surface area contributed by atoms with Gasteiger partial charge in [-0.15, -0.1) is 22.7 Å². The molecule has 0 unspecified atom stereocenters. The smallest absolute Gasteiger partial charge is 0.264 e. The zero-order valence-corrected chi connectivity index (χ0v) is 23.0. The number of ether oxygens (including phenoxy) is 3. The molecule has 3 rings (SSSR count). The van der Waals surface area contributed by atoms with E-state index in [-0.39, 0.29) is 18.4 Å². The number of benzene rings is 1. The highest BCUT2D eigenvalue weighted by Crippen LogP contribution is 2.28. The Morgan fingerprint density at radius 3 is 2.36 bits per heavy atom. The predicted octanol–water partition coefficient (Wildman–Crippen LogP) is 4.89. The van der Waals surface area contributed by atoms with Crippen LogP contribution in [-0.4, -0.2) is 69.2 Å². The first kappa shape index (κ1) is 27.7. The first-order chi connectivity index (χ1) is 17.5. The van der Waals surface area contributed by atoms with E-state index in [1.165, 1.54) is 11.3 Å². The summed E-state index contributed by atoms with van der Waals surface area (Å²) in [5, 5.41) is 3.91. The Morgan fingerprint density at radius 1 is 0.917 bits per heavy atom. The molecule has 194 valence electrons. The summed E-state index contributed by atoms with van der Waals surface area (Å²) < 4.78 is 16.0. The predicted molar refractivity (Wildman–Crippen MR) is 144 cm³/mol. The lowest BCUT2D eigenvalue weighted by atomic mass is 10.1. The van der Waals surface area contributed by atoms with Crippen LogP contribution in [0.5, 0.6) is 11.5 Å². The molecular formula is C27H34N2O5S2. The van der Waals surface area contributed by atoms with Gasteiger partial charge in [0.2, 0.25) is 5.91 Å². The molecule has 2 aromatic heterocycles. The van der Waals surface area contributed by atoms with E-state index in [2.05, 4.69) is 13.0 Å². The summed E-state index contributed by atoms with van der Waals surface area (Å²) in [5.74, 6) is 1.13. The second-order valence-electron chi connectivity index (χ2n) is 8.33. The number of hydrogen-bond acceptors (Lipinski definition) is 7. The summed E-state index contributed by atoms with van der Waals surface area (Å²) in [6, 6.07) is 11.5. The van der Waals surface area contributed by atoms with Crippen LogP contribution in [0.1, 0.15) is 32.1 Å². The van der Waals surface area contributed by atoms with Crippen molar-refractivity contribution in [1.82, 2.24) is 9.80 Å². The fourth-order valence-electron chi connectivity index (χ4n) is 3.80. The van der Waals surface area contributed by atoms with E-state index in [1.807, 2.05) is 39.9 Å². The van der Waals surface area contributed by atoms with Crippen LogP contribution in [0.3, 0.4) is 0 Å². The summed E-state index contributed by atoms with van der Waals surface area (Å²) in [6.07, 6.45) is 1.32. The number of carbonyl (C=O) groups is 2. The molecule has 0 aliphatic rings. The number of aryl methyl sites for hydroxylation is 1. The van der Waals surface area contributed by atoms with Gasteiger partial charge in [-0.25, -0.2) is 0 Å². The van der Waals surface area contributed by atoms with Crippen molar-refractivity contribution in [3.8, 4) is 11.5 Å². The molecule has 2 heterocycles. The summed E-state index contributed by atoms with van der Waals surface area (Å²) in [6.45, 7) is 4.09. The Hall–Kier alpha value is -2.88. The van der Waals surface area contributed by atoms with Crippen LogP contribution in [0.25, 0.3) is 0 Å². The summed E-state index contributed by atoms with van der Waals surface area (Å²) in [5.41, 5.74) is 2.20. The second kappa shape index (κ2) is 14.0. The maximum atomic E-state index is 13.6. The Bertz CT molecular complexity index is 1110. The Kier molecular flexibility index (Phi) is 10.8. The molecule has 0 aliphatic carbocycles. The van der Waals surface area contributed by atoms with Crippen molar-refractivity contribution in [2.75, 3.05) is 47.6 Å². The van der Waals surface area contributed by atoms with Crippen molar-refractivity contribution in [1.29, 1.82) is 0 Å². The number of nitrogens with zero attached hydrogens (tertiary/aromatic N) is 2. The summed E-state index contributed by atoms with van der Waals surface area (Å²) in [4.78, 5) is 32.0. The third-order valence-corrected chi connectivity index (χ3v) is 7.76. The van der Waals surface area contributed by atoms with Crippen LogP contribution in [0, 0.1) is 6.92 Å². The van der Waals surface area contributed by atoms with Crippen molar-refractivity contribution >= 4 is 34.5 Å². The van der Waals surface area contributed by atoms with Gasteiger partial charge in [0, 0.05) is 31.7 Å². The zero-order valence-electron chi connectivity index (χ0n) is 21.3.